The average molecular weight is 341 g/mol. The minimum absolute atomic E-state index is 0.105. The SMILES string of the molecule is CSc1ccc(C(=O)N(C)Cc2cccc(Cl)c2Cl)cn1. The van der Waals surface area contributed by atoms with Gasteiger partial charge < -0.3 is 4.90 Å². The van der Waals surface area contributed by atoms with Gasteiger partial charge in [0.25, 0.3) is 5.91 Å². The van der Waals surface area contributed by atoms with Crippen LogP contribution >= 0.6 is 35.0 Å². The molecule has 1 heterocycles. The Morgan fingerprint density at radius 2 is 2.05 bits per heavy atom. The highest BCUT2D eigenvalue weighted by Gasteiger charge is 2.14. The number of hydrogen-bond donors (Lipinski definition) is 0. The van der Waals surface area contributed by atoms with Crippen LogP contribution in [-0.2, 0) is 6.54 Å². The van der Waals surface area contributed by atoms with Crippen LogP contribution in [0.5, 0.6) is 0 Å². The Morgan fingerprint density at radius 3 is 2.67 bits per heavy atom. The van der Waals surface area contributed by atoms with Crippen molar-refractivity contribution in [1.82, 2.24) is 9.88 Å². The zero-order chi connectivity index (χ0) is 15.4. The highest BCUT2D eigenvalue weighted by Crippen LogP contribution is 2.26. The van der Waals surface area contributed by atoms with E-state index in [4.69, 9.17) is 23.2 Å². The zero-order valence-electron chi connectivity index (χ0n) is 11.6. The van der Waals surface area contributed by atoms with E-state index in [1.54, 1.807) is 30.3 Å². The number of nitrogens with zero attached hydrogens (tertiary/aromatic N) is 2. The molecule has 0 radical (unpaired) electrons. The van der Waals surface area contributed by atoms with Gasteiger partial charge in [0.15, 0.2) is 0 Å². The highest BCUT2D eigenvalue weighted by molar-refractivity contribution is 7.98. The van der Waals surface area contributed by atoms with Gasteiger partial charge in [0.2, 0.25) is 0 Å². The molecule has 0 atom stereocenters. The Kier molecular flexibility index (Phi) is 5.51. The largest absolute Gasteiger partial charge is 0.337 e. The molecule has 1 amide bonds. The fourth-order valence-corrected chi connectivity index (χ4v) is 2.59. The summed E-state index contributed by atoms with van der Waals surface area (Å²) in [6.45, 7) is 0.391. The van der Waals surface area contributed by atoms with E-state index in [2.05, 4.69) is 4.98 Å². The second kappa shape index (κ2) is 7.16. The van der Waals surface area contributed by atoms with E-state index in [1.807, 2.05) is 24.5 Å². The molecule has 21 heavy (non-hydrogen) atoms. The second-order valence-corrected chi connectivity index (χ2v) is 6.08. The fourth-order valence-electron chi connectivity index (χ4n) is 1.85. The number of benzene rings is 1. The van der Waals surface area contributed by atoms with Crippen molar-refractivity contribution in [2.24, 2.45) is 0 Å². The first-order valence-corrected chi connectivity index (χ1v) is 8.19. The van der Waals surface area contributed by atoms with E-state index in [9.17, 15) is 4.79 Å². The maximum absolute atomic E-state index is 12.3. The van der Waals surface area contributed by atoms with Crippen LogP contribution in [0.25, 0.3) is 0 Å². The van der Waals surface area contributed by atoms with Gasteiger partial charge >= 0.3 is 0 Å². The summed E-state index contributed by atoms with van der Waals surface area (Å²) in [7, 11) is 1.72. The Bertz CT molecular complexity index is 647. The first-order chi connectivity index (χ1) is 10.0. The van der Waals surface area contributed by atoms with E-state index in [-0.39, 0.29) is 5.91 Å². The molecule has 110 valence electrons. The van der Waals surface area contributed by atoms with Crippen molar-refractivity contribution in [3.63, 3.8) is 0 Å². The Morgan fingerprint density at radius 1 is 1.29 bits per heavy atom. The van der Waals surface area contributed by atoms with Crippen molar-refractivity contribution in [2.75, 3.05) is 13.3 Å². The first-order valence-electron chi connectivity index (χ1n) is 6.21. The Labute approximate surface area is 138 Å². The molecular formula is C15H14Cl2N2OS. The van der Waals surface area contributed by atoms with Crippen LogP contribution in [0.2, 0.25) is 10.0 Å². The van der Waals surface area contributed by atoms with E-state index in [1.165, 1.54) is 11.8 Å². The number of carbonyl (C=O) groups is 1. The molecule has 1 aromatic carbocycles. The van der Waals surface area contributed by atoms with E-state index in [0.29, 0.717) is 22.2 Å². The van der Waals surface area contributed by atoms with E-state index in [0.717, 1.165) is 10.6 Å². The second-order valence-electron chi connectivity index (χ2n) is 4.46. The third-order valence-corrected chi connectivity index (χ3v) is 4.50. The van der Waals surface area contributed by atoms with Crippen molar-refractivity contribution in [3.8, 4) is 0 Å². The average Bonchev–Trinajstić information content (AvgIpc) is 2.51. The highest BCUT2D eigenvalue weighted by atomic mass is 35.5. The maximum atomic E-state index is 12.3. The first kappa shape index (κ1) is 16.1. The minimum atomic E-state index is -0.105. The molecule has 3 nitrogen and oxygen atoms in total. The van der Waals surface area contributed by atoms with Crippen LogP contribution in [0.15, 0.2) is 41.6 Å². The van der Waals surface area contributed by atoms with Crippen LogP contribution in [0, 0.1) is 0 Å². The maximum Gasteiger partial charge on any atom is 0.255 e. The third-order valence-electron chi connectivity index (χ3n) is 2.98. The molecule has 6 heteroatoms. The smallest absolute Gasteiger partial charge is 0.255 e. The molecule has 0 aliphatic carbocycles. The van der Waals surface area contributed by atoms with Gasteiger partial charge in [-0.3, -0.25) is 4.79 Å². The van der Waals surface area contributed by atoms with Crippen LogP contribution in [0.3, 0.4) is 0 Å². The molecule has 0 unspecified atom stereocenters. The predicted octanol–water partition coefficient (Wildman–Crippen LogP) is 4.38. The molecule has 0 saturated heterocycles. The summed E-state index contributed by atoms with van der Waals surface area (Å²) in [5.74, 6) is -0.105. The number of thioether (sulfide) groups is 1. The molecule has 2 aromatic rings. The summed E-state index contributed by atoms with van der Waals surface area (Å²) in [6, 6.07) is 9.00. The number of aromatic nitrogens is 1. The lowest BCUT2D eigenvalue weighted by molar-refractivity contribution is 0.0784. The van der Waals surface area contributed by atoms with Gasteiger partial charge in [0.05, 0.1) is 20.6 Å². The number of pyridine rings is 1. The van der Waals surface area contributed by atoms with Crippen molar-refractivity contribution in [3.05, 3.63) is 57.7 Å². The Balaban J connectivity index is 2.13. The standard InChI is InChI=1S/C15H14Cl2N2OS/c1-19(9-11-4-3-5-12(16)14(11)17)15(20)10-6-7-13(21-2)18-8-10/h3-8H,9H2,1-2H3. The molecule has 0 bridgehead atoms. The predicted molar refractivity (Wildman–Crippen MR) is 88.3 cm³/mol. The fraction of sp³-hybridized carbons (Fsp3) is 0.200. The van der Waals surface area contributed by atoms with Gasteiger partial charge in [-0.2, -0.15) is 0 Å². The quantitative estimate of drug-likeness (QED) is 0.774. The third kappa shape index (κ3) is 3.90. The monoisotopic (exact) mass is 340 g/mol. The number of amides is 1. The molecule has 0 aliphatic rings. The van der Waals surface area contributed by atoms with Crippen LogP contribution in [0.4, 0.5) is 0 Å². The van der Waals surface area contributed by atoms with Crippen molar-refractivity contribution < 1.29 is 4.79 Å². The summed E-state index contributed by atoms with van der Waals surface area (Å²) >= 11 is 13.7. The zero-order valence-corrected chi connectivity index (χ0v) is 14.0. The van der Waals surface area contributed by atoms with E-state index < -0.39 is 0 Å². The summed E-state index contributed by atoms with van der Waals surface area (Å²) in [5, 5.41) is 1.85. The molecular weight excluding hydrogens is 327 g/mol. The molecule has 0 aliphatic heterocycles. The molecule has 0 spiro atoms. The molecule has 2 rings (SSSR count). The van der Waals surface area contributed by atoms with Gasteiger partial charge in [-0.1, -0.05) is 35.3 Å². The minimum Gasteiger partial charge on any atom is -0.337 e. The summed E-state index contributed by atoms with van der Waals surface area (Å²) in [6.07, 6.45) is 3.53. The number of hydrogen-bond acceptors (Lipinski definition) is 3. The van der Waals surface area contributed by atoms with Crippen LogP contribution in [-0.4, -0.2) is 29.1 Å². The van der Waals surface area contributed by atoms with E-state index >= 15 is 0 Å². The topological polar surface area (TPSA) is 33.2 Å². The summed E-state index contributed by atoms with van der Waals surface area (Å²) in [5.41, 5.74) is 1.36. The molecule has 1 aromatic heterocycles. The lowest BCUT2D eigenvalue weighted by Gasteiger charge is -2.18. The summed E-state index contributed by atoms with van der Waals surface area (Å²) < 4.78 is 0. The van der Waals surface area contributed by atoms with Gasteiger partial charge in [0.1, 0.15) is 0 Å². The number of rotatable bonds is 4. The van der Waals surface area contributed by atoms with Gasteiger partial charge in [-0.25, -0.2) is 4.98 Å². The lowest BCUT2D eigenvalue weighted by Crippen LogP contribution is -2.26. The van der Waals surface area contributed by atoms with Gasteiger partial charge in [-0.05, 0) is 30.0 Å². The summed E-state index contributed by atoms with van der Waals surface area (Å²) in [4.78, 5) is 18.1. The van der Waals surface area contributed by atoms with Crippen molar-refractivity contribution in [2.45, 2.75) is 11.6 Å². The molecule has 0 fully saturated rings. The van der Waals surface area contributed by atoms with Crippen LogP contribution < -0.4 is 0 Å². The lowest BCUT2D eigenvalue weighted by atomic mass is 10.2. The van der Waals surface area contributed by atoms with Gasteiger partial charge in [-0.15, -0.1) is 11.8 Å². The van der Waals surface area contributed by atoms with Gasteiger partial charge in [0, 0.05) is 19.8 Å². The Hall–Kier alpha value is -1.23. The number of carbonyl (C=O) groups excluding carboxylic acids is 1. The van der Waals surface area contributed by atoms with Crippen molar-refractivity contribution >= 4 is 40.9 Å². The van der Waals surface area contributed by atoms with Crippen molar-refractivity contribution in [1.29, 1.82) is 0 Å². The molecule has 0 N–H and O–H groups in total. The molecule has 0 saturated carbocycles. The normalized spacial score (nSPS) is 10.5. The number of halogens is 2. The van der Waals surface area contributed by atoms with Crippen LogP contribution in [0.1, 0.15) is 15.9 Å².